The Morgan fingerprint density at radius 2 is 2.09 bits per heavy atom. The zero-order chi connectivity index (χ0) is 7.84. The summed E-state index contributed by atoms with van der Waals surface area (Å²) in [4.78, 5) is 0. The van der Waals surface area contributed by atoms with E-state index in [2.05, 4.69) is 33.4 Å². The van der Waals surface area contributed by atoms with E-state index >= 15 is 0 Å². The molecule has 0 amide bonds. The minimum atomic E-state index is 0.769. The fraction of sp³-hybridized carbons (Fsp3) is 0.600. The summed E-state index contributed by atoms with van der Waals surface area (Å²) >= 11 is 2.35. The van der Waals surface area contributed by atoms with Gasteiger partial charge in [0, 0.05) is 0 Å². The second-order valence-corrected chi connectivity index (χ2v) is 4.48. The molecule has 0 aromatic carbocycles. The van der Waals surface area contributed by atoms with Gasteiger partial charge in [0.05, 0.1) is 0 Å². The standard InChI is InChI=1S/C10H13.Ti/c1-8-6-9-4-2-3-5-10(9)7-8;/h6-7H,2-5H2,1H3;. The molecule has 1 heteroatoms. The molecule has 0 aromatic rings. The molecular formula is C10H13Ti. The second-order valence-electron chi connectivity index (χ2n) is 3.58. The van der Waals surface area contributed by atoms with Crippen LogP contribution in [-0.4, -0.2) is 0 Å². The topological polar surface area (TPSA) is 0 Å². The molecule has 2 aliphatic rings. The molecular weight excluding hydrogens is 168 g/mol. The quantitative estimate of drug-likeness (QED) is 0.503. The van der Waals surface area contributed by atoms with Crippen LogP contribution in [0, 0.1) is 0 Å². The first kappa shape index (κ1) is 7.82. The summed E-state index contributed by atoms with van der Waals surface area (Å²) in [7, 11) is 0. The Kier molecular flexibility index (Phi) is 2.07. The van der Waals surface area contributed by atoms with Crippen LogP contribution in [0.25, 0.3) is 0 Å². The molecule has 1 atom stereocenters. The first-order valence-corrected chi connectivity index (χ1v) is 5.30. The predicted octanol–water partition coefficient (Wildman–Crippen LogP) is 3.15. The van der Waals surface area contributed by atoms with Gasteiger partial charge in [0.1, 0.15) is 0 Å². The van der Waals surface area contributed by atoms with Crippen LogP contribution in [0.4, 0.5) is 0 Å². The maximum absolute atomic E-state index is 2.42. The van der Waals surface area contributed by atoms with Crippen LogP contribution in [-0.2, 0) is 20.4 Å². The van der Waals surface area contributed by atoms with Crippen LogP contribution in [0.5, 0.6) is 0 Å². The Hall–Kier alpha value is 0.194. The van der Waals surface area contributed by atoms with Gasteiger partial charge in [-0.25, -0.2) is 0 Å². The van der Waals surface area contributed by atoms with Crippen molar-refractivity contribution in [3.63, 3.8) is 0 Å². The molecule has 0 N–H and O–H groups in total. The maximum atomic E-state index is 2.42. The third-order valence-corrected chi connectivity index (χ3v) is 4.02. The summed E-state index contributed by atoms with van der Waals surface area (Å²) in [5.74, 6) is 0. The summed E-state index contributed by atoms with van der Waals surface area (Å²) in [6, 6.07) is 0. The summed E-state index contributed by atoms with van der Waals surface area (Å²) < 4.78 is 0.769. The van der Waals surface area contributed by atoms with E-state index in [0.717, 1.165) is 4.22 Å². The van der Waals surface area contributed by atoms with Gasteiger partial charge in [0.15, 0.2) is 0 Å². The Morgan fingerprint density at radius 1 is 1.36 bits per heavy atom. The summed E-state index contributed by atoms with van der Waals surface area (Å²) in [6.07, 6.45) is 7.96. The number of rotatable bonds is 0. The normalized spacial score (nSPS) is 30.2. The third-order valence-electron chi connectivity index (χ3n) is 2.76. The Balaban J connectivity index is 2.30. The van der Waals surface area contributed by atoms with Gasteiger partial charge in [0.25, 0.3) is 0 Å². The van der Waals surface area contributed by atoms with Crippen LogP contribution in [0.1, 0.15) is 32.6 Å². The van der Waals surface area contributed by atoms with Gasteiger partial charge in [-0.15, -0.1) is 0 Å². The van der Waals surface area contributed by atoms with Gasteiger partial charge in [0.2, 0.25) is 0 Å². The number of hydrogen-bond acceptors (Lipinski definition) is 0. The molecule has 0 heterocycles. The zero-order valence-electron chi connectivity index (χ0n) is 6.98. The summed E-state index contributed by atoms with van der Waals surface area (Å²) in [5, 5.41) is 0. The molecule has 0 aromatic heterocycles. The average molecular weight is 181 g/mol. The SMILES string of the molecule is CC1=CC2=C(CCCC2)[CH]1[Ti]. The fourth-order valence-electron chi connectivity index (χ4n) is 2.08. The molecule has 57 valence electrons. The van der Waals surface area contributed by atoms with Crippen molar-refractivity contribution in [2.45, 2.75) is 36.8 Å². The molecule has 0 saturated heterocycles. The van der Waals surface area contributed by atoms with E-state index in [4.69, 9.17) is 0 Å². The molecule has 0 aliphatic heterocycles. The van der Waals surface area contributed by atoms with Gasteiger partial charge in [-0.3, -0.25) is 0 Å². The van der Waals surface area contributed by atoms with Crippen molar-refractivity contribution >= 4 is 0 Å². The van der Waals surface area contributed by atoms with Gasteiger partial charge in [-0.1, -0.05) is 0 Å². The minimum absolute atomic E-state index is 0.769. The van der Waals surface area contributed by atoms with E-state index in [0.29, 0.717) is 0 Å². The van der Waals surface area contributed by atoms with E-state index < -0.39 is 0 Å². The van der Waals surface area contributed by atoms with Gasteiger partial charge >= 0.3 is 80.1 Å². The van der Waals surface area contributed by atoms with Gasteiger partial charge in [-0.05, 0) is 0 Å². The second kappa shape index (κ2) is 2.91. The van der Waals surface area contributed by atoms with E-state index in [9.17, 15) is 0 Å². The monoisotopic (exact) mass is 181 g/mol. The van der Waals surface area contributed by atoms with Crippen LogP contribution < -0.4 is 0 Å². The van der Waals surface area contributed by atoms with Crippen LogP contribution in [0.3, 0.4) is 0 Å². The fourth-order valence-corrected chi connectivity index (χ4v) is 2.72. The van der Waals surface area contributed by atoms with Crippen molar-refractivity contribution in [3.05, 3.63) is 22.8 Å². The molecule has 2 rings (SSSR count). The van der Waals surface area contributed by atoms with Crippen LogP contribution in [0.2, 0.25) is 4.22 Å². The Bertz CT molecular complexity index is 235. The molecule has 11 heavy (non-hydrogen) atoms. The molecule has 1 unspecified atom stereocenters. The third kappa shape index (κ3) is 1.27. The first-order chi connectivity index (χ1) is 5.29. The van der Waals surface area contributed by atoms with Crippen molar-refractivity contribution in [2.24, 2.45) is 0 Å². The van der Waals surface area contributed by atoms with Crippen molar-refractivity contribution < 1.29 is 20.4 Å². The van der Waals surface area contributed by atoms with Crippen molar-refractivity contribution in [1.29, 1.82) is 0 Å². The molecule has 0 saturated carbocycles. The van der Waals surface area contributed by atoms with Crippen LogP contribution in [0.15, 0.2) is 22.8 Å². The van der Waals surface area contributed by atoms with Crippen molar-refractivity contribution in [2.75, 3.05) is 0 Å². The molecule has 0 nitrogen and oxygen atoms in total. The molecule has 0 radical (unpaired) electrons. The summed E-state index contributed by atoms with van der Waals surface area (Å²) in [6.45, 7) is 2.27. The van der Waals surface area contributed by atoms with E-state index in [1.807, 2.05) is 0 Å². The van der Waals surface area contributed by atoms with Gasteiger partial charge in [-0.2, -0.15) is 0 Å². The Labute approximate surface area is 80.2 Å². The molecule has 0 bridgehead atoms. The van der Waals surface area contributed by atoms with E-state index in [-0.39, 0.29) is 0 Å². The predicted molar refractivity (Wildman–Crippen MR) is 43.0 cm³/mol. The van der Waals surface area contributed by atoms with Crippen molar-refractivity contribution in [3.8, 4) is 0 Å². The number of allylic oxidation sites excluding steroid dienone is 4. The average Bonchev–Trinajstić information content (AvgIpc) is 2.30. The zero-order valence-corrected chi connectivity index (χ0v) is 8.54. The van der Waals surface area contributed by atoms with E-state index in [1.54, 1.807) is 16.7 Å². The van der Waals surface area contributed by atoms with Crippen molar-refractivity contribution in [1.82, 2.24) is 0 Å². The molecule has 2 aliphatic carbocycles. The summed E-state index contributed by atoms with van der Waals surface area (Å²) in [5.41, 5.74) is 4.99. The van der Waals surface area contributed by atoms with Crippen LogP contribution >= 0.6 is 0 Å². The van der Waals surface area contributed by atoms with Gasteiger partial charge < -0.3 is 0 Å². The van der Waals surface area contributed by atoms with E-state index in [1.165, 1.54) is 25.7 Å². The molecule has 0 spiro atoms. The first-order valence-electron chi connectivity index (χ1n) is 4.40. The Morgan fingerprint density at radius 3 is 2.82 bits per heavy atom. The number of hydrogen-bond donors (Lipinski definition) is 0. The molecule has 0 fully saturated rings.